The molecule has 0 aliphatic heterocycles. The van der Waals surface area contributed by atoms with Crippen LogP contribution in [0.15, 0.2) is 36.5 Å². The van der Waals surface area contributed by atoms with E-state index in [2.05, 4.69) is 4.98 Å². The van der Waals surface area contributed by atoms with Gasteiger partial charge in [0, 0.05) is 12.7 Å². The largest absolute Gasteiger partial charge is 0.493 e. The number of ether oxygens (including phenoxy) is 2. The average Bonchev–Trinajstić information content (AvgIpc) is 2.52. The fourth-order valence-corrected chi connectivity index (χ4v) is 1.82. The molecule has 0 amide bonds. The number of rotatable bonds is 6. The molecule has 5 nitrogen and oxygen atoms in total. The molecule has 0 aliphatic carbocycles. The topological polar surface area (TPSA) is 77.6 Å². The normalized spacial score (nSPS) is 10.3. The standard InChI is InChI=1S/C15H18N2O3/c1-19-15-7-11(9-18)2-3-14(15)20-10-12-4-5-17-13(6-12)8-16/h2-7,18H,8-10,16H2,1H3. The molecule has 1 heterocycles. The molecular formula is C15H18N2O3. The lowest BCUT2D eigenvalue weighted by Gasteiger charge is -2.12. The number of benzene rings is 1. The number of nitrogens with two attached hydrogens (primary N) is 1. The molecule has 0 atom stereocenters. The third kappa shape index (κ3) is 3.46. The highest BCUT2D eigenvalue weighted by molar-refractivity contribution is 5.42. The number of nitrogens with zero attached hydrogens (tertiary/aromatic N) is 1. The first-order chi connectivity index (χ1) is 9.76. The van der Waals surface area contributed by atoms with Gasteiger partial charge >= 0.3 is 0 Å². The van der Waals surface area contributed by atoms with Crippen molar-refractivity contribution >= 4 is 0 Å². The first-order valence-corrected chi connectivity index (χ1v) is 6.31. The minimum Gasteiger partial charge on any atom is -0.493 e. The van der Waals surface area contributed by atoms with Crippen molar-refractivity contribution in [2.24, 2.45) is 5.73 Å². The Morgan fingerprint density at radius 3 is 2.70 bits per heavy atom. The van der Waals surface area contributed by atoms with Crippen LogP contribution in [0.1, 0.15) is 16.8 Å². The van der Waals surface area contributed by atoms with E-state index in [1.807, 2.05) is 12.1 Å². The summed E-state index contributed by atoms with van der Waals surface area (Å²) in [6, 6.07) is 9.14. The van der Waals surface area contributed by atoms with Gasteiger partial charge in [0.2, 0.25) is 0 Å². The maximum absolute atomic E-state index is 9.10. The molecule has 0 saturated carbocycles. The number of hydrogen-bond acceptors (Lipinski definition) is 5. The molecule has 1 aromatic heterocycles. The number of aromatic nitrogens is 1. The summed E-state index contributed by atoms with van der Waals surface area (Å²) in [6.07, 6.45) is 1.72. The van der Waals surface area contributed by atoms with Crippen molar-refractivity contribution in [2.75, 3.05) is 7.11 Å². The van der Waals surface area contributed by atoms with E-state index < -0.39 is 0 Å². The average molecular weight is 274 g/mol. The zero-order valence-electron chi connectivity index (χ0n) is 11.4. The summed E-state index contributed by atoms with van der Waals surface area (Å²) in [7, 11) is 1.57. The van der Waals surface area contributed by atoms with Crippen LogP contribution >= 0.6 is 0 Å². The molecule has 0 fully saturated rings. The number of methoxy groups -OCH3 is 1. The fourth-order valence-electron chi connectivity index (χ4n) is 1.82. The lowest BCUT2D eigenvalue weighted by molar-refractivity contribution is 0.274. The first kappa shape index (κ1) is 14.3. The second-order valence-corrected chi connectivity index (χ2v) is 4.29. The minimum absolute atomic E-state index is 0.0269. The van der Waals surface area contributed by atoms with Gasteiger partial charge in [0.05, 0.1) is 19.4 Å². The molecule has 2 rings (SSSR count). The van der Waals surface area contributed by atoms with Crippen LogP contribution in [0.3, 0.4) is 0 Å². The molecule has 0 radical (unpaired) electrons. The molecule has 3 N–H and O–H groups in total. The monoisotopic (exact) mass is 274 g/mol. The Morgan fingerprint density at radius 1 is 1.15 bits per heavy atom. The maximum atomic E-state index is 9.10. The van der Waals surface area contributed by atoms with Crippen LogP contribution in [0, 0.1) is 0 Å². The predicted molar refractivity (Wildman–Crippen MR) is 75.4 cm³/mol. The van der Waals surface area contributed by atoms with Crippen molar-refractivity contribution < 1.29 is 14.6 Å². The number of aliphatic hydroxyl groups excluding tert-OH is 1. The highest BCUT2D eigenvalue weighted by atomic mass is 16.5. The quantitative estimate of drug-likeness (QED) is 0.837. The van der Waals surface area contributed by atoms with Gasteiger partial charge in [-0.1, -0.05) is 6.07 Å². The van der Waals surface area contributed by atoms with E-state index >= 15 is 0 Å². The lowest BCUT2D eigenvalue weighted by Crippen LogP contribution is -2.03. The van der Waals surface area contributed by atoms with Crippen LogP contribution < -0.4 is 15.2 Å². The van der Waals surface area contributed by atoms with Crippen LogP contribution in [-0.2, 0) is 19.8 Å². The molecule has 0 aliphatic rings. The molecule has 0 spiro atoms. The highest BCUT2D eigenvalue weighted by Gasteiger charge is 2.06. The van der Waals surface area contributed by atoms with Gasteiger partial charge in [0.1, 0.15) is 6.61 Å². The second kappa shape index (κ2) is 6.88. The molecule has 20 heavy (non-hydrogen) atoms. The minimum atomic E-state index is -0.0269. The summed E-state index contributed by atoms with van der Waals surface area (Å²) in [5.74, 6) is 1.24. The van der Waals surface area contributed by atoms with Crippen molar-refractivity contribution in [1.29, 1.82) is 0 Å². The molecule has 1 aromatic carbocycles. The van der Waals surface area contributed by atoms with E-state index in [4.69, 9.17) is 20.3 Å². The van der Waals surface area contributed by atoms with Crippen LogP contribution in [0.4, 0.5) is 0 Å². The summed E-state index contributed by atoms with van der Waals surface area (Å²) >= 11 is 0. The molecule has 0 unspecified atom stereocenters. The molecule has 5 heteroatoms. The van der Waals surface area contributed by atoms with E-state index in [1.54, 1.807) is 31.5 Å². The Morgan fingerprint density at radius 2 is 2.00 bits per heavy atom. The van der Waals surface area contributed by atoms with Gasteiger partial charge in [-0.25, -0.2) is 0 Å². The Bertz CT molecular complexity index is 573. The van der Waals surface area contributed by atoms with Gasteiger partial charge in [-0.15, -0.1) is 0 Å². The molecule has 2 aromatic rings. The first-order valence-electron chi connectivity index (χ1n) is 6.31. The van der Waals surface area contributed by atoms with Crippen molar-refractivity contribution in [3.05, 3.63) is 53.3 Å². The Kier molecular flexibility index (Phi) is 4.92. The number of pyridine rings is 1. The van der Waals surface area contributed by atoms with Gasteiger partial charge < -0.3 is 20.3 Å². The molecule has 0 saturated heterocycles. The van der Waals surface area contributed by atoms with E-state index in [1.165, 1.54) is 0 Å². The molecular weight excluding hydrogens is 256 g/mol. The van der Waals surface area contributed by atoms with Crippen molar-refractivity contribution in [3.63, 3.8) is 0 Å². The third-order valence-electron chi connectivity index (χ3n) is 2.90. The van der Waals surface area contributed by atoms with Crippen LogP contribution in [0.5, 0.6) is 11.5 Å². The summed E-state index contributed by atoms with van der Waals surface area (Å²) in [5.41, 5.74) is 8.16. The molecule has 0 bridgehead atoms. The molecule has 106 valence electrons. The zero-order valence-corrected chi connectivity index (χ0v) is 11.4. The SMILES string of the molecule is COc1cc(CO)ccc1OCc1ccnc(CN)c1. The summed E-state index contributed by atoms with van der Waals surface area (Å²) in [6.45, 7) is 0.785. The summed E-state index contributed by atoms with van der Waals surface area (Å²) < 4.78 is 11.0. The number of hydrogen-bond donors (Lipinski definition) is 2. The second-order valence-electron chi connectivity index (χ2n) is 4.29. The van der Waals surface area contributed by atoms with E-state index in [-0.39, 0.29) is 6.61 Å². The van der Waals surface area contributed by atoms with E-state index in [0.717, 1.165) is 16.8 Å². The fraction of sp³-hybridized carbons (Fsp3) is 0.267. The van der Waals surface area contributed by atoms with Gasteiger partial charge in [0.25, 0.3) is 0 Å². The zero-order chi connectivity index (χ0) is 14.4. The van der Waals surface area contributed by atoms with Gasteiger partial charge in [-0.05, 0) is 35.4 Å². The lowest BCUT2D eigenvalue weighted by atomic mass is 10.2. The Labute approximate surface area is 118 Å². The van der Waals surface area contributed by atoms with Gasteiger partial charge in [-0.3, -0.25) is 4.98 Å². The maximum Gasteiger partial charge on any atom is 0.161 e. The van der Waals surface area contributed by atoms with Gasteiger partial charge in [0.15, 0.2) is 11.5 Å². The predicted octanol–water partition coefficient (Wildman–Crippen LogP) is 1.62. The smallest absolute Gasteiger partial charge is 0.161 e. The van der Waals surface area contributed by atoms with E-state index in [0.29, 0.717) is 24.7 Å². The van der Waals surface area contributed by atoms with Crippen molar-refractivity contribution in [1.82, 2.24) is 4.98 Å². The Balaban J connectivity index is 2.10. The Hall–Kier alpha value is -2.11. The summed E-state index contributed by atoms with van der Waals surface area (Å²) in [5, 5.41) is 9.10. The van der Waals surface area contributed by atoms with Crippen molar-refractivity contribution in [2.45, 2.75) is 19.8 Å². The van der Waals surface area contributed by atoms with Crippen LogP contribution in [0.25, 0.3) is 0 Å². The van der Waals surface area contributed by atoms with E-state index in [9.17, 15) is 0 Å². The van der Waals surface area contributed by atoms with Crippen molar-refractivity contribution in [3.8, 4) is 11.5 Å². The van der Waals surface area contributed by atoms with Gasteiger partial charge in [-0.2, -0.15) is 0 Å². The highest BCUT2D eigenvalue weighted by Crippen LogP contribution is 2.28. The summed E-state index contributed by atoms with van der Waals surface area (Å²) in [4.78, 5) is 4.14. The van der Waals surface area contributed by atoms with Crippen LogP contribution in [0.2, 0.25) is 0 Å². The third-order valence-corrected chi connectivity index (χ3v) is 2.90. The number of aliphatic hydroxyl groups is 1. The van der Waals surface area contributed by atoms with Crippen LogP contribution in [-0.4, -0.2) is 17.2 Å².